The zero-order valence-electron chi connectivity index (χ0n) is 16.3. The summed E-state index contributed by atoms with van der Waals surface area (Å²) in [7, 11) is 0. The number of hydrogen-bond acceptors (Lipinski definition) is 5. The summed E-state index contributed by atoms with van der Waals surface area (Å²) in [4.78, 5) is 43.1. The van der Waals surface area contributed by atoms with Crippen LogP contribution in [0.2, 0.25) is 0 Å². The predicted molar refractivity (Wildman–Crippen MR) is 113 cm³/mol. The van der Waals surface area contributed by atoms with Crippen LogP contribution in [0.4, 0.5) is 0 Å². The molecule has 0 atom stereocenters. The van der Waals surface area contributed by atoms with Crippen LogP contribution >= 0.6 is 11.8 Å². The minimum absolute atomic E-state index is 0.0125. The maximum atomic E-state index is 12.2. The molecule has 1 aliphatic rings. The van der Waals surface area contributed by atoms with Crippen molar-refractivity contribution in [2.24, 2.45) is 0 Å². The third-order valence-corrected chi connectivity index (χ3v) is 5.63. The molecule has 1 fully saturated rings. The third kappa shape index (κ3) is 7.38. The second-order valence-corrected chi connectivity index (χ2v) is 8.14. The molecule has 3 rings (SSSR count). The monoisotopic (exact) mass is 414 g/mol. The van der Waals surface area contributed by atoms with E-state index in [9.17, 15) is 14.4 Å². The molecule has 154 valence electrons. The minimum atomic E-state index is -0.332. The molecule has 8 heteroatoms. The van der Waals surface area contributed by atoms with E-state index in [1.165, 1.54) is 24.2 Å². The number of nitrogens with one attached hydrogen (secondary N) is 3. The van der Waals surface area contributed by atoms with Gasteiger partial charge in [0.25, 0.3) is 5.56 Å². The van der Waals surface area contributed by atoms with Crippen molar-refractivity contribution in [2.45, 2.75) is 56.3 Å². The fraction of sp³-hybridized carbons (Fsp3) is 0.429. The standard InChI is InChI=1S/C21H26N4O3S/c26-18(22-13-15-7-3-1-4-8-15)11-17-12-19(27)25-21(24-17)29-14-20(28)23-16-9-5-2-6-10-16/h1,3-4,7-8,12,16H,2,5-6,9-11,13-14H2,(H,22,26)(H,23,28)(H,24,25,27). The van der Waals surface area contributed by atoms with Crippen molar-refractivity contribution >= 4 is 23.6 Å². The lowest BCUT2D eigenvalue weighted by Crippen LogP contribution is -2.37. The molecular formula is C21H26N4O3S. The van der Waals surface area contributed by atoms with E-state index in [1.807, 2.05) is 30.3 Å². The molecule has 7 nitrogen and oxygen atoms in total. The van der Waals surface area contributed by atoms with Crippen molar-refractivity contribution in [1.29, 1.82) is 0 Å². The van der Waals surface area contributed by atoms with Gasteiger partial charge in [-0.05, 0) is 18.4 Å². The van der Waals surface area contributed by atoms with Gasteiger partial charge in [-0.15, -0.1) is 0 Å². The van der Waals surface area contributed by atoms with Crippen molar-refractivity contribution < 1.29 is 9.59 Å². The summed E-state index contributed by atoms with van der Waals surface area (Å²) in [5.41, 5.74) is 1.05. The first-order valence-electron chi connectivity index (χ1n) is 9.91. The largest absolute Gasteiger partial charge is 0.353 e. The average Bonchev–Trinajstić information content (AvgIpc) is 2.72. The summed E-state index contributed by atoms with van der Waals surface area (Å²) in [5, 5.41) is 6.21. The predicted octanol–water partition coefficient (Wildman–Crippen LogP) is 2.17. The van der Waals surface area contributed by atoms with Gasteiger partial charge in [0.2, 0.25) is 11.8 Å². The third-order valence-electron chi connectivity index (χ3n) is 4.76. The summed E-state index contributed by atoms with van der Waals surface area (Å²) >= 11 is 1.17. The number of carbonyl (C=O) groups excluding carboxylic acids is 2. The Labute approximate surface area is 174 Å². The van der Waals surface area contributed by atoms with Crippen LogP contribution in [0, 0.1) is 0 Å². The lowest BCUT2D eigenvalue weighted by atomic mass is 9.95. The Hall–Kier alpha value is -2.61. The number of nitrogens with zero attached hydrogens (tertiary/aromatic N) is 1. The molecule has 2 amide bonds. The van der Waals surface area contributed by atoms with Gasteiger partial charge in [-0.25, -0.2) is 4.98 Å². The second kappa shape index (κ2) is 10.8. The Morgan fingerprint density at radius 1 is 1.10 bits per heavy atom. The molecular weight excluding hydrogens is 388 g/mol. The van der Waals surface area contributed by atoms with Crippen LogP contribution in [0.15, 0.2) is 46.3 Å². The molecule has 1 aliphatic carbocycles. The highest BCUT2D eigenvalue weighted by molar-refractivity contribution is 7.99. The molecule has 1 heterocycles. The van der Waals surface area contributed by atoms with Crippen LogP contribution in [0.5, 0.6) is 0 Å². The van der Waals surface area contributed by atoms with Crippen molar-refractivity contribution in [2.75, 3.05) is 5.75 Å². The van der Waals surface area contributed by atoms with E-state index in [0.29, 0.717) is 17.4 Å². The van der Waals surface area contributed by atoms with E-state index in [-0.39, 0.29) is 35.6 Å². The summed E-state index contributed by atoms with van der Waals surface area (Å²) < 4.78 is 0. The molecule has 1 aromatic carbocycles. The van der Waals surface area contributed by atoms with Crippen molar-refractivity contribution in [3.05, 3.63) is 58.0 Å². The van der Waals surface area contributed by atoms with Crippen LogP contribution in [0.1, 0.15) is 43.4 Å². The summed E-state index contributed by atoms with van der Waals surface area (Å²) in [6.45, 7) is 0.422. The number of thioether (sulfide) groups is 1. The van der Waals surface area contributed by atoms with Gasteiger partial charge in [0.05, 0.1) is 17.9 Å². The van der Waals surface area contributed by atoms with Crippen LogP contribution in [-0.2, 0) is 22.6 Å². The number of carbonyl (C=O) groups is 2. The van der Waals surface area contributed by atoms with E-state index in [1.54, 1.807) is 0 Å². The van der Waals surface area contributed by atoms with Gasteiger partial charge in [-0.1, -0.05) is 61.4 Å². The number of hydrogen-bond donors (Lipinski definition) is 3. The van der Waals surface area contributed by atoms with Gasteiger partial charge >= 0.3 is 0 Å². The van der Waals surface area contributed by atoms with E-state index in [4.69, 9.17) is 0 Å². The van der Waals surface area contributed by atoms with Crippen LogP contribution in [0.3, 0.4) is 0 Å². The topological polar surface area (TPSA) is 104 Å². The fourth-order valence-electron chi connectivity index (χ4n) is 3.32. The lowest BCUT2D eigenvalue weighted by Gasteiger charge is -2.22. The molecule has 29 heavy (non-hydrogen) atoms. The average molecular weight is 415 g/mol. The Bertz CT molecular complexity index is 879. The van der Waals surface area contributed by atoms with Crippen molar-refractivity contribution in [3.63, 3.8) is 0 Å². The fourth-order valence-corrected chi connectivity index (χ4v) is 4.02. The maximum absolute atomic E-state index is 12.2. The number of aromatic amines is 1. The van der Waals surface area contributed by atoms with Crippen molar-refractivity contribution in [3.8, 4) is 0 Å². The number of aromatic nitrogens is 2. The first-order chi connectivity index (χ1) is 14.1. The number of H-pyrrole nitrogens is 1. The first kappa shape index (κ1) is 21.1. The Morgan fingerprint density at radius 3 is 2.62 bits per heavy atom. The van der Waals surface area contributed by atoms with Gasteiger partial charge in [0.1, 0.15) is 0 Å². The van der Waals surface area contributed by atoms with E-state index in [0.717, 1.165) is 31.2 Å². The number of benzene rings is 1. The van der Waals surface area contributed by atoms with E-state index >= 15 is 0 Å². The summed E-state index contributed by atoms with van der Waals surface area (Å²) in [5.74, 6) is -0.0863. The van der Waals surface area contributed by atoms with Gasteiger partial charge in [-0.3, -0.25) is 14.4 Å². The molecule has 3 N–H and O–H groups in total. The first-order valence-corrected chi connectivity index (χ1v) is 10.9. The molecule has 0 saturated heterocycles. The van der Waals surface area contributed by atoms with Crippen molar-refractivity contribution in [1.82, 2.24) is 20.6 Å². The summed E-state index contributed by atoms with van der Waals surface area (Å²) in [6.07, 6.45) is 5.61. The summed E-state index contributed by atoms with van der Waals surface area (Å²) in [6, 6.07) is 11.2. The Kier molecular flexibility index (Phi) is 7.86. The van der Waals surface area contributed by atoms with Gasteiger partial charge in [-0.2, -0.15) is 0 Å². The highest BCUT2D eigenvalue weighted by Crippen LogP contribution is 2.18. The molecule has 1 aromatic heterocycles. The zero-order chi connectivity index (χ0) is 20.5. The van der Waals surface area contributed by atoms with Crippen LogP contribution in [0.25, 0.3) is 0 Å². The minimum Gasteiger partial charge on any atom is -0.353 e. The number of amides is 2. The maximum Gasteiger partial charge on any atom is 0.251 e. The second-order valence-electron chi connectivity index (χ2n) is 7.17. The van der Waals surface area contributed by atoms with Crippen LogP contribution in [-0.4, -0.2) is 33.6 Å². The number of rotatable bonds is 8. The highest BCUT2D eigenvalue weighted by Gasteiger charge is 2.16. The Balaban J connectivity index is 1.48. The highest BCUT2D eigenvalue weighted by atomic mass is 32.2. The molecule has 0 bridgehead atoms. The zero-order valence-corrected chi connectivity index (χ0v) is 17.1. The molecule has 0 radical (unpaired) electrons. The molecule has 0 spiro atoms. The SMILES string of the molecule is O=C(Cc1cc(=O)[nH]c(SCC(=O)NC2CCCCC2)n1)NCc1ccccc1. The van der Waals surface area contributed by atoms with Gasteiger partial charge < -0.3 is 15.6 Å². The lowest BCUT2D eigenvalue weighted by molar-refractivity contribution is -0.121. The van der Waals surface area contributed by atoms with Crippen LogP contribution < -0.4 is 16.2 Å². The molecule has 0 unspecified atom stereocenters. The smallest absolute Gasteiger partial charge is 0.251 e. The van der Waals surface area contributed by atoms with Gasteiger partial charge in [0, 0.05) is 18.7 Å². The quantitative estimate of drug-likeness (QED) is 0.454. The molecule has 1 saturated carbocycles. The normalized spacial score (nSPS) is 14.3. The molecule has 2 aromatic rings. The Morgan fingerprint density at radius 2 is 1.86 bits per heavy atom. The van der Waals surface area contributed by atoms with E-state index < -0.39 is 0 Å². The van der Waals surface area contributed by atoms with Gasteiger partial charge in [0.15, 0.2) is 5.16 Å². The molecule has 0 aliphatic heterocycles. The van der Waals surface area contributed by atoms with E-state index in [2.05, 4.69) is 20.6 Å².